The number of ether oxygens (including phenoxy) is 1. The normalized spacial score (nSPS) is 3.91. The van der Waals surface area contributed by atoms with E-state index in [0.29, 0.717) is 0 Å². The van der Waals surface area contributed by atoms with Crippen LogP contribution in [0.15, 0.2) is 0 Å². The Kier molecular flexibility index (Phi) is 3430. The van der Waals surface area contributed by atoms with E-state index in [1.165, 1.54) is 34.6 Å². The Hall–Kier alpha value is -1.69. The van der Waals surface area contributed by atoms with E-state index in [4.69, 9.17) is 24.0 Å². The van der Waals surface area contributed by atoms with Crippen molar-refractivity contribution in [2.45, 2.75) is 132 Å². The minimum absolute atomic E-state index is 0.750. The molecule has 0 radical (unpaired) electrons. The van der Waals surface area contributed by atoms with Crippen LogP contribution < -0.4 is 0 Å². The minimum atomic E-state index is 0.750. The molecule has 0 N–H and O–H groups in total. The molecule has 0 aliphatic rings. The van der Waals surface area contributed by atoms with Crippen molar-refractivity contribution >= 4 is 31.4 Å². The van der Waals surface area contributed by atoms with E-state index >= 15 is 0 Å². The Morgan fingerprint density at radius 3 is 0.312 bits per heavy atom. The molecule has 0 bridgehead atoms. The molecule has 32 heavy (non-hydrogen) atoms. The summed E-state index contributed by atoms with van der Waals surface area (Å²) in [6, 6.07) is 0. The second kappa shape index (κ2) is 1260. The third-order valence-corrected chi connectivity index (χ3v) is 0. The van der Waals surface area contributed by atoms with Crippen molar-refractivity contribution < 1.29 is 28.7 Å². The highest BCUT2D eigenvalue weighted by Gasteiger charge is 1.26. The molecule has 0 atom stereocenters. The number of rotatable bonds is 0. The molecule has 0 heterocycles. The fourth-order valence-electron chi connectivity index (χ4n) is 0. The molecule has 0 aliphatic carbocycles. The summed E-state index contributed by atoms with van der Waals surface area (Å²) >= 11 is 0. The van der Waals surface area contributed by atoms with Gasteiger partial charge >= 0.3 is 0 Å². The standard InChI is InChI=1S/C2H6O.5C2H4O.7C2H6/c1-3-2;5*1-2-3;7*1-2/h1-2H3;5*2H,1H3;7*1-2H3. The first kappa shape index (κ1) is 86.9. The predicted octanol–water partition coefficient (Wildman–Crippen LogP) is 8.47. The molecular formula is C26H68O6. The number of aldehydes is 5. The van der Waals surface area contributed by atoms with Crippen LogP contribution in [0.2, 0.25) is 0 Å². The van der Waals surface area contributed by atoms with Crippen LogP contribution in [-0.4, -0.2) is 45.7 Å². The van der Waals surface area contributed by atoms with Gasteiger partial charge in [0.05, 0.1) is 0 Å². The minimum Gasteiger partial charge on any atom is -0.388 e. The molecule has 0 aliphatic heterocycles. The van der Waals surface area contributed by atoms with Crippen LogP contribution in [0, 0.1) is 0 Å². The highest BCUT2D eigenvalue weighted by molar-refractivity contribution is 5.45. The number of carbonyl (C=O) groups is 5. The fraction of sp³-hybridized carbons (Fsp3) is 0.808. The number of hydrogen-bond acceptors (Lipinski definition) is 6. The summed E-state index contributed by atoms with van der Waals surface area (Å²) in [6.07, 6.45) is 3.75. The molecule has 0 aromatic carbocycles. The van der Waals surface area contributed by atoms with Crippen molar-refractivity contribution in [3.8, 4) is 0 Å². The monoisotopic (exact) mass is 477 g/mol. The van der Waals surface area contributed by atoms with E-state index in [1.54, 1.807) is 14.2 Å². The molecule has 6 nitrogen and oxygen atoms in total. The molecule has 0 rings (SSSR count). The maximum absolute atomic E-state index is 8.81. The maximum Gasteiger partial charge on any atom is 0.116 e. The number of carbonyl (C=O) groups excluding carboxylic acids is 5. The summed E-state index contributed by atoms with van der Waals surface area (Å²) in [6.45, 7) is 35.2. The Bertz CT molecular complexity index is 105. The molecule has 0 aromatic heterocycles. The van der Waals surface area contributed by atoms with Crippen LogP contribution in [0.5, 0.6) is 0 Å². The zero-order valence-electron chi connectivity index (χ0n) is 26.3. The molecule has 0 saturated heterocycles. The van der Waals surface area contributed by atoms with Crippen LogP contribution in [-0.2, 0) is 28.7 Å². The lowest BCUT2D eigenvalue weighted by molar-refractivity contribution is -0.106. The van der Waals surface area contributed by atoms with Crippen molar-refractivity contribution in [1.82, 2.24) is 0 Å². The SMILES string of the molecule is CC.CC.CC.CC.CC.CC.CC.CC=O.CC=O.CC=O.CC=O.CC=O.COC. The molecule has 0 fully saturated rings. The highest BCUT2D eigenvalue weighted by Crippen LogP contribution is 1.28. The second-order valence-corrected chi connectivity index (χ2v) is 1.59. The molecule has 208 valence electrons. The van der Waals surface area contributed by atoms with Gasteiger partial charge in [-0.05, 0) is 34.6 Å². The second-order valence-electron chi connectivity index (χ2n) is 1.59. The fourth-order valence-corrected chi connectivity index (χ4v) is 0. The molecular weight excluding hydrogens is 408 g/mol. The summed E-state index contributed by atoms with van der Waals surface area (Å²) in [4.78, 5) is 44.0. The largest absolute Gasteiger partial charge is 0.388 e. The van der Waals surface area contributed by atoms with Gasteiger partial charge in [-0.3, -0.25) is 0 Å². The van der Waals surface area contributed by atoms with Crippen LogP contribution >= 0.6 is 0 Å². The first-order valence-electron chi connectivity index (χ1n) is 11.9. The zero-order chi connectivity index (χ0) is 30.2. The zero-order valence-corrected chi connectivity index (χ0v) is 26.3. The average molecular weight is 477 g/mol. The van der Waals surface area contributed by atoms with E-state index in [9.17, 15) is 0 Å². The molecule has 0 amide bonds. The van der Waals surface area contributed by atoms with Gasteiger partial charge in [-0.2, -0.15) is 0 Å². The Morgan fingerprint density at radius 1 is 0.312 bits per heavy atom. The lowest BCUT2D eigenvalue weighted by Crippen LogP contribution is -1.55. The summed E-state index contributed by atoms with van der Waals surface area (Å²) in [5, 5.41) is 0. The van der Waals surface area contributed by atoms with E-state index < -0.39 is 0 Å². The molecule has 6 heteroatoms. The summed E-state index contributed by atoms with van der Waals surface area (Å²) in [5.41, 5.74) is 0. The van der Waals surface area contributed by atoms with Gasteiger partial charge in [-0.25, -0.2) is 0 Å². The number of methoxy groups -OCH3 is 1. The Labute approximate surface area is 206 Å². The third-order valence-electron chi connectivity index (χ3n) is 0. The van der Waals surface area contributed by atoms with Crippen LogP contribution in [0.3, 0.4) is 0 Å². The topological polar surface area (TPSA) is 94.6 Å². The van der Waals surface area contributed by atoms with Crippen molar-refractivity contribution in [2.75, 3.05) is 14.2 Å². The Morgan fingerprint density at radius 2 is 0.312 bits per heavy atom. The van der Waals surface area contributed by atoms with E-state index in [1.807, 2.05) is 96.9 Å². The van der Waals surface area contributed by atoms with Gasteiger partial charge < -0.3 is 28.7 Å². The molecule has 0 spiro atoms. The maximum atomic E-state index is 8.81. The van der Waals surface area contributed by atoms with Gasteiger partial charge in [0, 0.05) is 14.2 Å². The highest BCUT2D eigenvalue weighted by atomic mass is 16.4. The van der Waals surface area contributed by atoms with E-state index in [-0.39, 0.29) is 0 Å². The van der Waals surface area contributed by atoms with Crippen molar-refractivity contribution in [3.05, 3.63) is 0 Å². The van der Waals surface area contributed by atoms with Gasteiger partial charge in [-0.15, -0.1) is 0 Å². The van der Waals surface area contributed by atoms with Gasteiger partial charge in [0.2, 0.25) is 0 Å². The van der Waals surface area contributed by atoms with Crippen molar-refractivity contribution in [3.63, 3.8) is 0 Å². The average Bonchev–Trinajstić information content (AvgIpc) is 2.86. The van der Waals surface area contributed by atoms with Crippen LogP contribution in [0.4, 0.5) is 0 Å². The van der Waals surface area contributed by atoms with E-state index in [0.717, 1.165) is 31.4 Å². The van der Waals surface area contributed by atoms with Gasteiger partial charge in [-0.1, -0.05) is 96.9 Å². The molecule has 0 aromatic rings. The van der Waals surface area contributed by atoms with E-state index in [2.05, 4.69) is 4.74 Å². The summed E-state index contributed by atoms with van der Waals surface area (Å²) in [7, 11) is 3.25. The lowest BCUT2D eigenvalue weighted by Gasteiger charge is -1.61. The van der Waals surface area contributed by atoms with Crippen molar-refractivity contribution in [1.29, 1.82) is 0 Å². The smallest absolute Gasteiger partial charge is 0.116 e. The van der Waals surface area contributed by atoms with Crippen LogP contribution in [0.25, 0.3) is 0 Å². The van der Waals surface area contributed by atoms with Gasteiger partial charge in [0.15, 0.2) is 0 Å². The third kappa shape index (κ3) is 7390. The quantitative estimate of drug-likeness (QED) is 0.325. The predicted molar refractivity (Wildman–Crippen MR) is 151 cm³/mol. The summed E-state index contributed by atoms with van der Waals surface area (Å²) < 4.78 is 4.25. The van der Waals surface area contributed by atoms with Crippen LogP contribution in [0.1, 0.15) is 132 Å². The Balaban J connectivity index is -0.0000000112. The first-order chi connectivity index (χ1) is 15.5. The van der Waals surface area contributed by atoms with Gasteiger partial charge in [0.1, 0.15) is 31.4 Å². The molecule has 0 saturated carbocycles. The van der Waals surface area contributed by atoms with Crippen molar-refractivity contribution in [2.24, 2.45) is 0 Å². The first-order valence-corrected chi connectivity index (χ1v) is 11.9. The number of hydrogen-bond donors (Lipinski definition) is 0. The molecule has 0 unspecified atom stereocenters. The summed E-state index contributed by atoms with van der Waals surface area (Å²) in [5.74, 6) is 0. The van der Waals surface area contributed by atoms with Gasteiger partial charge in [0.25, 0.3) is 0 Å². The lowest BCUT2D eigenvalue weighted by atomic mass is 11.0.